The molecule has 0 saturated heterocycles. The molecule has 21 heavy (non-hydrogen) atoms. The average molecular weight is 286 g/mol. The minimum Gasteiger partial charge on any atom is -0.459 e. The van der Waals surface area contributed by atoms with Crippen LogP contribution in [-0.2, 0) is 6.54 Å². The first-order valence-corrected chi connectivity index (χ1v) is 7.10. The normalized spacial score (nSPS) is 10.9. The fraction of sp³-hybridized carbons (Fsp3) is 0.353. The molecule has 0 saturated carbocycles. The number of benzene rings is 1. The van der Waals surface area contributed by atoms with E-state index in [-0.39, 0.29) is 5.91 Å². The van der Waals surface area contributed by atoms with E-state index < -0.39 is 0 Å². The minimum absolute atomic E-state index is 0.0526. The Kier molecular flexibility index (Phi) is 5.17. The molecule has 1 aromatic carbocycles. The van der Waals surface area contributed by atoms with Crippen molar-refractivity contribution in [1.29, 1.82) is 0 Å². The van der Waals surface area contributed by atoms with Gasteiger partial charge in [-0.25, -0.2) is 0 Å². The summed E-state index contributed by atoms with van der Waals surface area (Å²) in [6.07, 6.45) is 1.56. The highest BCUT2D eigenvalue weighted by atomic mass is 16.3. The lowest BCUT2D eigenvalue weighted by Gasteiger charge is -2.24. The van der Waals surface area contributed by atoms with Crippen LogP contribution in [0.5, 0.6) is 0 Å². The third-order valence-corrected chi connectivity index (χ3v) is 3.38. The Labute approximate surface area is 126 Å². The van der Waals surface area contributed by atoms with Crippen LogP contribution in [0.25, 0.3) is 0 Å². The molecule has 4 heteroatoms. The van der Waals surface area contributed by atoms with E-state index in [0.717, 1.165) is 17.7 Å². The first-order chi connectivity index (χ1) is 10.1. The smallest absolute Gasteiger partial charge is 0.290 e. The monoisotopic (exact) mass is 286 g/mol. The lowest BCUT2D eigenvalue weighted by Crippen LogP contribution is -2.36. The van der Waals surface area contributed by atoms with Gasteiger partial charge in [0.2, 0.25) is 0 Å². The van der Waals surface area contributed by atoms with Crippen molar-refractivity contribution in [3.05, 3.63) is 59.5 Å². The Morgan fingerprint density at radius 2 is 1.81 bits per heavy atom. The Morgan fingerprint density at radius 3 is 2.38 bits per heavy atom. The summed E-state index contributed by atoms with van der Waals surface area (Å²) in [5, 5.41) is 0. The van der Waals surface area contributed by atoms with E-state index in [4.69, 9.17) is 4.42 Å². The van der Waals surface area contributed by atoms with Gasteiger partial charge in [-0.1, -0.05) is 30.3 Å². The second-order valence-electron chi connectivity index (χ2n) is 5.45. The van der Waals surface area contributed by atoms with Gasteiger partial charge in [-0.2, -0.15) is 0 Å². The quantitative estimate of drug-likeness (QED) is 0.819. The summed E-state index contributed by atoms with van der Waals surface area (Å²) in [6, 6.07) is 11.8. The molecule has 0 aliphatic carbocycles. The second kappa shape index (κ2) is 7.09. The van der Waals surface area contributed by atoms with Crippen LogP contribution in [0.4, 0.5) is 0 Å². The summed E-state index contributed by atoms with van der Waals surface area (Å²) < 4.78 is 5.35. The van der Waals surface area contributed by atoms with Gasteiger partial charge in [0, 0.05) is 25.2 Å². The number of carbonyl (C=O) groups excluding carboxylic acids is 1. The van der Waals surface area contributed by atoms with E-state index in [1.54, 1.807) is 6.26 Å². The van der Waals surface area contributed by atoms with E-state index in [1.807, 2.05) is 62.3 Å². The predicted octanol–water partition coefficient (Wildman–Crippen LogP) is 2.79. The zero-order valence-electron chi connectivity index (χ0n) is 12.9. The maximum Gasteiger partial charge on any atom is 0.290 e. The fourth-order valence-corrected chi connectivity index (χ4v) is 2.11. The van der Waals surface area contributed by atoms with Crippen molar-refractivity contribution in [2.75, 3.05) is 27.2 Å². The summed E-state index contributed by atoms with van der Waals surface area (Å²) in [5.41, 5.74) is 2.00. The Morgan fingerprint density at radius 1 is 1.10 bits per heavy atom. The van der Waals surface area contributed by atoms with Gasteiger partial charge in [-0.3, -0.25) is 4.79 Å². The first-order valence-electron chi connectivity index (χ1n) is 7.10. The van der Waals surface area contributed by atoms with Gasteiger partial charge in [0.15, 0.2) is 5.76 Å². The van der Waals surface area contributed by atoms with Crippen LogP contribution in [-0.4, -0.2) is 42.9 Å². The topological polar surface area (TPSA) is 36.7 Å². The van der Waals surface area contributed by atoms with E-state index >= 15 is 0 Å². The van der Waals surface area contributed by atoms with Crippen LogP contribution >= 0.6 is 0 Å². The molecule has 0 aliphatic heterocycles. The molecule has 2 rings (SSSR count). The van der Waals surface area contributed by atoms with Crippen molar-refractivity contribution in [1.82, 2.24) is 9.80 Å². The molecule has 0 spiro atoms. The van der Waals surface area contributed by atoms with Gasteiger partial charge in [0.05, 0.1) is 6.26 Å². The van der Waals surface area contributed by atoms with E-state index in [2.05, 4.69) is 4.90 Å². The molecule has 0 fully saturated rings. The number of nitrogens with zero attached hydrogens (tertiary/aromatic N) is 2. The highest BCUT2D eigenvalue weighted by molar-refractivity contribution is 5.92. The third kappa shape index (κ3) is 4.20. The number of hydrogen-bond donors (Lipinski definition) is 0. The molecule has 0 radical (unpaired) electrons. The molecule has 1 amide bonds. The Balaban J connectivity index is 2.15. The number of rotatable bonds is 6. The fourth-order valence-electron chi connectivity index (χ4n) is 2.11. The van der Waals surface area contributed by atoms with Crippen LogP contribution in [0.3, 0.4) is 0 Å². The standard InChI is InChI=1S/C17H22N2O2/c1-14-9-12-21-16(14)17(20)19(11-10-18(2)3)13-15-7-5-4-6-8-15/h4-9,12H,10-11,13H2,1-3H3. The first kappa shape index (κ1) is 15.3. The molecule has 0 bridgehead atoms. The Hall–Kier alpha value is -2.07. The van der Waals surface area contributed by atoms with Crippen LogP contribution in [0.2, 0.25) is 0 Å². The van der Waals surface area contributed by atoms with Crippen molar-refractivity contribution in [2.45, 2.75) is 13.5 Å². The molecule has 1 heterocycles. The van der Waals surface area contributed by atoms with Gasteiger partial charge in [0.1, 0.15) is 0 Å². The van der Waals surface area contributed by atoms with Crippen molar-refractivity contribution >= 4 is 5.91 Å². The molecule has 1 aromatic heterocycles. The second-order valence-corrected chi connectivity index (χ2v) is 5.45. The number of amides is 1. The highest BCUT2D eigenvalue weighted by Crippen LogP contribution is 2.14. The van der Waals surface area contributed by atoms with Gasteiger partial charge in [-0.05, 0) is 32.6 Å². The maximum atomic E-state index is 12.7. The molecule has 4 nitrogen and oxygen atoms in total. The molecule has 2 aromatic rings. The van der Waals surface area contributed by atoms with Crippen molar-refractivity contribution < 1.29 is 9.21 Å². The lowest BCUT2D eigenvalue weighted by molar-refractivity contribution is 0.0699. The average Bonchev–Trinajstić information content (AvgIpc) is 2.90. The molecular formula is C17H22N2O2. The number of carbonyl (C=O) groups is 1. The van der Waals surface area contributed by atoms with Crippen LogP contribution in [0.15, 0.2) is 47.1 Å². The van der Waals surface area contributed by atoms with E-state index in [1.165, 1.54) is 0 Å². The zero-order chi connectivity index (χ0) is 15.2. The van der Waals surface area contributed by atoms with Crippen molar-refractivity contribution in [3.8, 4) is 0 Å². The van der Waals surface area contributed by atoms with Gasteiger partial charge >= 0.3 is 0 Å². The largest absolute Gasteiger partial charge is 0.459 e. The molecule has 0 aliphatic rings. The Bertz CT molecular complexity index is 575. The SMILES string of the molecule is Cc1ccoc1C(=O)N(CCN(C)C)Cc1ccccc1. The van der Waals surface area contributed by atoms with Crippen molar-refractivity contribution in [2.24, 2.45) is 0 Å². The molecule has 0 unspecified atom stereocenters. The minimum atomic E-state index is -0.0526. The van der Waals surface area contributed by atoms with Crippen molar-refractivity contribution in [3.63, 3.8) is 0 Å². The molecule has 112 valence electrons. The summed E-state index contributed by atoms with van der Waals surface area (Å²) in [7, 11) is 4.01. The van der Waals surface area contributed by atoms with Crippen LogP contribution in [0.1, 0.15) is 21.7 Å². The number of furan rings is 1. The number of hydrogen-bond acceptors (Lipinski definition) is 3. The van der Waals surface area contributed by atoms with Crippen LogP contribution in [0, 0.1) is 6.92 Å². The van der Waals surface area contributed by atoms with Gasteiger partial charge < -0.3 is 14.2 Å². The molecule has 0 N–H and O–H groups in total. The number of likely N-dealkylation sites (N-methyl/N-ethyl adjacent to an activating group) is 1. The molecule has 0 atom stereocenters. The highest BCUT2D eigenvalue weighted by Gasteiger charge is 2.20. The van der Waals surface area contributed by atoms with Gasteiger partial charge in [-0.15, -0.1) is 0 Å². The van der Waals surface area contributed by atoms with Gasteiger partial charge in [0.25, 0.3) is 5.91 Å². The molecular weight excluding hydrogens is 264 g/mol. The van der Waals surface area contributed by atoms with E-state index in [0.29, 0.717) is 18.8 Å². The maximum absolute atomic E-state index is 12.7. The lowest BCUT2D eigenvalue weighted by atomic mass is 10.2. The number of aryl methyl sites for hydroxylation is 1. The zero-order valence-corrected chi connectivity index (χ0v) is 12.9. The summed E-state index contributed by atoms with van der Waals surface area (Å²) in [6.45, 7) is 3.97. The predicted molar refractivity (Wildman–Crippen MR) is 83.2 cm³/mol. The summed E-state index contributed by atoms with van der Waals surface area (Å²) >= 11 is 0. The third-order valence-electron chi connectivity index (χ3n) is 3.38. The summed E-state index contributed by atoms with van der Waals surface area (Å²) in [5.74, 6) is 0.382. The summed E-state index contributed by atoms with van der Waals surface area (Å²) in [4.78, 5) is 16.6. The van der Waals surface area contributed by atoms with Crippen LogP contribution < -0.4 is 0 Å². The van der Waals surface area contributed by atoms with E-state index in [9.17, 15) is 4.79 Å².